The van der Waals surface area contributed by atoms with E-state index in [1.165, 1.54) is 11.8 Å². The van der Waals surface area contributed by atoms with Gasteiger partial charge in [0, 0.05) is 31.2 Å². The van der Waals surface area contributed by atoms with Gasteiger partial charge in [0.25, 0.3) is 0 Å². The summed E-state index contributed by atoms with van der Waals surface area (Å²) < 4.78 is 33.0. The molecule has 2 heterocycles. The molecule has 2 fully saturated rings. The minimum atomic E-state index is -3.26. The van der Waals surface area contributed by atoms with Gasteiger partial charge in [-0.15, -0.1) is 0 Å². The van der Waals surface area contributed by atoms with Crippen LogP contribution < -0.4 is 9.62 Å². The Morgan fingerprint density at radius 3 is 2.45 bits per heavy atom. The Bertz CT molecular complexity index is 916. The summed E-state index contributed by atoms with van der Waals surface area (Å²) in [4.78, 5) is 6.71. The molecule has 1 saturated carbocycles. The van der Waals surface area contributed by atoms with Crippen molar-refractivity contribution >= 4 is 15.8 Å². The second-order valence-electron chi connectivity index (χ2n) is 8.90. The number of ether oxygens (including phenoxy) is 1. The van der Waals surface area contributed by atoms with Crippen molar-refractivity contribution in [2.75, 3.05) is 30.9 Å². The summed E-state index contributed by atoms with van der Waals surface area (Å²) in [5.41, 5.74) is 1.43. The largest absolute Gasteiger partial charge is 0.378 e. The van der Waals surface area contributed by atoms with Crippen molar-refractivity contribution in [1.82, 2.24) is 9.71 Å². The summed E-state index contributed by atoms with van der Waals surface area (Å²) in [6.45, 7) is 2.09. The minimum Gasteiger partial charge on any atom is -0.378 e. The number of nitrogens with zero attached hydrogens (tertiary/aromatic N) is 2. The van der Waals surface area contributed by atoms with Gasteiger partial charge in [-0.2, -0.15) is 0 Å². The third-order valence-electron chi connectivity index (χ3n) is 6.56. The van der Waals surface area contributed by atoms with Crippen LogP contribution in [0.15, 0.2) is 54.7 Å². The Morgan fingerprint density at radius 1 is 1.03 bits per heavy atom. The average Bonchev–Trinajstić information content (AvgIpc) is 2.79. The van der Waals surface area contributed by atoms with Crippen LogP contribution in [0.1, 0.15) is 43.6 Å². The van der Waals surface area contributed by atoms with Gasteiger partial charge in [0.1, 0.15) is 5.82 Å². The van der Waals surface area contributed by atoms with E-state index in [1.807, 2.05) is 18.2 Å². The summed E-state index contributed by atoms with van der Waals surface area (Å²) in [7, 11) is -3.26. The molecule has 0 unspecified atom stereocenters. The maximum Gasteiger partial charge on any atom is 0.208 e. The second kappa shape index (κ2) is 10.1. The molecule has 7 heteroatoms. The molecule has 1 N–H and O–H groups in total. The van der Waals surface area contributed by atoms with E-state index in [0.717, 1.165) is 51.0 Å². The molecule has 0 spiro atoms. The molecule has 1 aromatic heterocycles. The van der Waals surface area contributed by atoms with Gasteiger partial charge in [0.05, 0.1) is 19.0 Å². The van der Waals surface area contributed by atoms with Crippen LogP contribution in [-0.2, 0) is 14.8 Å². The summed E-state index contributed by atoms with van der Waals surface area (Å²) in [6, 6.07) is 16.5. The normalized spacial score (nSPS) is 27.2. The van der Waals surface area contributed by atoms with Crippen LogP contribution in [0.5, 0.6) is 0 Å². The van der Waals surface area contributed by atoms with Crippen LogP contribution in [0.25, 0.3) is 0 Å². The first kappa shape index (κ1) is 22.2. The summed E-state index contributed by atoms with van der Waals surface area (Å²) >= 11 is 0. The van der Waals surface area contributed by atoms with Gasteiger partial charge in [-0.3, -0.25) is 0 Å². The van der Waals surface area contributed by atoms with E-state index in [-0.39, 0.29) is 18.1 Å². The van der Waals surface area contributed by atoms with Crippen LogP contribution in [0.4, 0.5) is 5.82 Å². The molecule has 168 valence electrons. The zero-order valence-corrected chi connectivity index (χ0v) is 19.0. The molecule has 4 rings (SSSR count). The lowest BCUT2D eigenvalue weighted by molar-refractivity contribution is -0.00213. The van der Waals surface area contributed by atoms with Crippen LogP contribution >= 0.6 is 0 Å². The van der Waals surface area contributed by atoms with Crippen LogP contribution in [0.3, 0.4) is 0 Å². The second-order valence-corrected chi connectivity index (χ2v) is 10.7. The zero-order chi connectivity index (χ0) is 21.7. The molecule has 1 aliphatic carbocycles. The zero-order valence-electron chi connectivity index (χ0n) is 18.2. The Hall–Kier alpha value is -1.96. The van der Waals surface area contributed by atoms with Gasteiger partial charge in [-0.1, -0.05) is 36.4 Å². The molecule has 0 bridgehead atoms. The number of benzene rings is 1. The van der Waals surface area contributed by atoms with E-state index >= 15 is 0 Å². The summed E-state index contributed by atoms with van der Waals surface area (Å²) in [6.07, 6.45) is 8.44. The molecular weight excluding hydrogens is 410 g/mol. The third-order valence-corrected chi connectivity index (χ3v) is 7.29. The van der Waals surface area contributed by atoms with Crippen LogP contribution in [0.2, 0.25) is 0 Å². The number of piperidine rings is 1. The van der Waals surface area contributed by atoms with Crippen molar-refractivity contribution in [1.29, 1.82) is 0 Å². The van der Waals surface area contributed by atoms with Crippen molar-refractivity contribution < 1.29 is 13.2 Å². The smallest absolute Gasteiger partial charge is 0.208 e. The van der Waals surface area contributed by atoms with Gasteiger partial charge in [-0.25, -0.2) is 18.1 Å². The molecule has 0 amide bonds. The maximum absolute atomic E-state index is 11.9. The first-order chi connectivity index (χ1) is 15.0. The molecule has 2 atom stereocenters. The maximum atomic E-state index is 11.9. The summed E-state index contributed by atoms with van der Waals surface area (Å²) in [5, 5.41) is 0. The number of nitrogens with one attached hydrogen (secondary N) is 1. The molecular formula is C24H33N3O3S. The number of hydrogen-bond donors (Lipinski definition) is 1. The lowest BCUT2D eigenvalue weighted by Gasteiger charge is -2.40. The minimum absolute atomic E-state index is 0.0947. The molecule has 31 heavy (non-hydrogen) atoms. The Morgan fingerprint density at radius 2 is 1.77 bits per heavy atom. The number of hydrogen-bond acceptors (Lipinski definition) is 5. The van der Waals surface area contributed by atoms with Gasteiger partial charge in [-0.05, 0) is 55.7 Å². The number of rotatable bonds is 7. The van der Waals surface area contributed by atoms with E-state index in [9.17, 15) is 8.42 Å². The summed E-state index contributed by atoms with van der Waals surface area (Å²) in [5.74, 6) is 1.65. The van der Waals surface area contributed by atoms with E-state index in [0.29, 0.717) is 12.5 Å². The van der Waals surface area contributed by atoms with E-state index in [1.54, 1.807) is 6.20 Å². The first-order valence-electron chi connectivity index (χ1n) is 11.3. The van der Waals surface area contributed by atoms with Gasteiger partial charge < -0.3 is 9.64 Å². The quantitative estimate of drug-likeness (QED) is 0.708. The third kappa shape index (κ3) is 6.28. The highest BCUT2D eigenvalue weighted by atomic mass is 32.2. The first-order valence-corrected chi connectivity index (χ1v) is 13.2. The standard InChI is InChI=1S/C24H33N3O3S/c1-31(28,29)26-23-14-16-27(24-9-5-6-15-25-24)17-21(23)18-30-22-12-10-20(11-13-22)19-7-3-2-4-8-19/h2-9,15,20-23,26H,10-14,16-18H2,1H3/t20?,21-,22?,23-/m0/s1. The average molecular weight is 444 g/mol. The van der Waals surface area contributed by atoms with Crippen LogP contribution in [-0.4, -0.2) is 51.5 Å². The number of aromatic nitrogens is 1. The van der Waals surface area contributed by atoms with Crippen molar-refractivity contribution in [3.63, 3.8) is 0 Å². The fourth-order valence-corrected chi connectivity index (χ4v) is 5.79. The predicted octanol–water partition coefficient (Wildman–Crippen LogP) is 3.57. The number of sulfonamides is 1. The highest BCUT2D eigenvalue weighted by Gasteiger charge is 2.33. The molecule has 2 aromatic rings. The molecule has 1 saturated heterocycles. The SMILES string of the molecule is CS(=O)(=O)N[C@H]1CCN(c2ccccn2)C[C@H]1COC1CCC(c2ccccc2)CC1. The Balaban J connectivity index is 1.34. The van der Waals surface area contributed by atoms with E-state index < -0.39 is 10.0 Å². The Labute approximate surface area is 186 Å². The topological polar surface area (TPSA) is 71.5 Å². The van der Waals surface area contributed by atoms with Crippen LogP contribution in [0, 0.1) is 5.92 Å². The van der Waals surface area contributed by atoms with E-state index in [2.05, 4.69) is 44.9 Å². The molecule has 1 aromatic carbocycles. The van der Waals surface area contributed by atoms with Crippen molar-refractivity contribution in [2.24, 2.45) is 5.92 Å². The fraction of sp³-hybridized carbons (Fsp3) is 0.542. The van der Waals surface area contributed by atoms with E-state index in [4.69, 9.17) is 4.74 Å². The van der Waals surface area contributed by atoms with Gasteiger partial charge in [0.15, 0.2) is 0 Å². The van der Waals surface area contributed by atoms with Crippen molar-refractivity contribution in [3.8, 4) is 0 Å². The molecule has 2 aliphatic rings. The van der Waals surface area contributed by atoms with Gasteiger partial charge in [0.2, 0.25) is 10.0 Å². The van der Waals surface area contributed by atoms with Gasteiger partial charge >= 0.3 is 0 Å². The number of anilines is 1. The van der Waals surface area contributed by atoms with Crippen molar-refractivity contribution in [2.45, 2.75) is 50.2 Å². The molecule has 6 nitrogen and oxygen atoms in total. The highest BCUT2D eigenvalue weighted by molar-refractivity contribution is 7.88. The molecule has 1 aliphatic heterocycles. The number of pyridine rings is 1. The lowest BCUT2D eigenvalue weighted by Crippen LogP contribution is -2.52. The lowest BCUT2D eigenvalue weighted by atomic mass is 9.82. The van der Waals surface area contributed by atoms with Crippen molar-refractivity contribution in [3.05, 3.63) is 60.3 Å². The Kier molecular flexibility index (Phi) is 7.25. The fourth-order valence-electron chi connectivity index (χ4n) is 4.93. The molecule has 0 radical (unpaired) electrons. The monoisotopic (exact) mass is 443 g/mol. The predicted molar refractivity (Wildman–Crippen MR) is 124 cm³/mol. The highest BCUT2D eigenvalue weighted by Crippen LogP contribution is 2.34.